The minimum absolute atomic E-state index is 0.234. The zero-order valence-corrected chi connectivity index (χ0v) is 11.1. The second-order valence-electron chi connectivity index (χ2n) is 4.49. The lowest BCUT2D eigenvalue weighted by atomic mass is 10.1. The van der Waals surface area contributed by atoms with Gasteiger partial charge in [0.1, 0.15) is 11.9 Å². The number of benzene rings is 1. The molecule has 0 aliphatic carbocycles. The Bertz CT molecular complexity index is 383. The van der Waals surface area contributed by atoms with Gasteiger partial charge >= 0.3 is 5.97 Å². The van der Waals surface area contributed by atoms with Crippen LogP contribution in [0.25, 0.3) is 0 Å². The Hall–Kier alpha value is -1.16. The van der Waals surface area contributed by atoms with Crippen molar-refractivity contribution in [3.63, 3.8) is 0 Å². The number of hydrogen-bond acceptors (Lipinski definition) is 3. The van der Waals surface area contributed by atoms with Gasteiger partial charge in [0.25, 0.3) is 0 Å². The molecule has 4 heteroatoms. The van der Waals surface area contributed by atoms with Crippen LogP contribution in [0, 0.1) is 0 Å². The first kappa shape index (κ1) is 13.3. The van der Waals surface area contributed by atoms with Gasteiger partial charge in [-0.2, -0.15) is 11.8 Å². The fraction of sp³-hybridized carbons (Fsp3) is 0.500. The highest BCUT2D eigenvalue weighted by atomic mass is 32.2. The molecule has 3 nitrogen and oxygen atoms in total. The van der Waals surface area contributed by atoms with Crippen LogP contribution in [0.1, 0.15) is 24.8 Å². The number of ether oxygens (including phenoxy) is 1. The Labute approximate surface area is 112 Å². The molecule has 1 aromatic rings. The summed E-state index contributed by atoms with van der Waals surface area (Å²) in [7, 11) is 0. The van der Waals surface area contributed by atoms with E-state index in [1.54, 1.807) is 0 Å². The molecule has 0 aromatic heterocycles. The van der Waals surface area contributed by atoms with Crippen LogP contribution in [0.4, 0.5) is 0 Å². The van der Waals surface area contributed by atoms with Crippen molar-refractivity contribution in [1.82, 2.24) is 0 Å². The number of carbonyl (C=O) groups is 1. The van der Waals surface area contributed by atoms with Crippen molar-refractivity contribution in [2.75, 3.05) is 11.5 Å². The molecule has 2 rings (SSSR count). The standard InChI is InChI=1S/C14H18O3S/c15-14(16)3-1-2-11-4-6-12(7-5-11)17-13-8-9-18-10-13/h4-7,13H,1-3,8-10H2,(H,15,16). The summed E-state index contributed by atoms with van der Waals surface area (Å²) in [6, 6.07) is 8.02. The SMILES string of the molecule is O=C(O)CCCc1ccc(OC2CCSC2)cc1. The van der Waals surface area contributed by atoms with E-state index in [0.717, 1.165) is 24.3 Å². The van der Waals surface area contributed by atoms with Crippen molar-refractivity contribution in [2.24, 2.45) is 0 Å². The summed E-state index contributed by atoms with van der Waals surface area (Å²) in [4.78, 5) is 10.4. The third-order valence-corrected chi connectivity index (χ3v) is 4.10. The molecule has 1 unspecified atom stereocenters. The monoisotopic (exact) mass is 266 g/mol. The number of rotatable bonds is 6. The Morgan fingerprint density at radius 2 is 2.17 bits per heavy atom. The lowest BCUT2D eigenvalue weighted by Crippen LogP contribution is -2.14. The van der Waals surface area contributed by atoms with E-state index < -0.39 is 5.97 Å². The average molecular weight is 266 g/mol. The molecule has 1 aromatic carbocycles. The van der Waals surface area contributed by atoms with Crippen molar-refractivity contribution in [3.8, 4) is 5.75 Å². The van der Waals surface area contributed by atoms with Gasteiger partial charge in [0.15, 0.2) is 0 Å². The first-order valence-corrected chi connectivity index (χ1v) is 7.44. The predicted molar refractivity (Wildman–Crippen MR) is 73.4 cm³/mol. The molecule has 1 aliphatic rings. The Morgan fingerprint density at radius 3 is 2.78 bits per heavy atom. The van der Waals surface area contributed by atoms with Crippen LogP contribution in [0.2, 0.25) is 0 Å². The lowest BCUT2D eigenvalue weighted by molar-refractivity contribution is -0.137. The molecule has 1 heterocycles. The van der Waals surface area contributed by atoms with Crippen molar-refractivity contribution in [2.45, 2.75) is 31.8 Å². The number of aryl methyl sites for hydroxylation is 1. The molecule has 0 bridgehead atoms. The molecule has 0 saturated carbocycles. The molecule has 1 saturated heterocycles. The summed E-state index contributed by atoms with van der Waals surface area (Å²) in [5.74, 6) is 2.47. The summed E-state index contributed by atoms with van der Waals surface area (Å²) in [5, 5.41) is 8.57. The first-order valence-electron chi connectivity index (χ1n) is 6.29. The van der Waals surface area contributed by atoms with Crippen LogP contribution >= 0.6 is 11.8 Å². The fourth-order valence-corrected chi connectivity index (χ4v) is 3.07. The minimum atomic E-state index is -0.728. The molecule has 1 N–H and O–H groups in total. The first-order chi connectivity index (χ1) is 8.74. The largest absolute Gasteiger partial charge is 0.490 e. The van der Waals surface area contributed by atoms with Gasteiger partial charge in [-0.15, -0.1) is 0 Å². The Kier molecular flexibility index (Phi) is 4.93. The molecule has 98 valence electrons. The van der Waals surface area contributed by atoms with Crippen LogP contribution in [0.15, 0.2) is 24.3 Å². The number of thioether (sulfide) groups is 1. The zero-order chi connectivity index (χ0) is 12.8. The van der Waals surface area contributed by atoms with Crippen molar-refractivity contribution >= 4 is 17.7 Å². The molecule has 1 fully saturated rings. The van der Waals surface area contributed by atoms with E-state index >= 15 is 0 Å². The van der Waals surface area contributed by atoms with Crippen molar-refractivity contribution in [3.05, 3.63) is 29.8 Å². The zero-order valence-electron chi connectivity index (χ0n) is 10.3. The van der Waals surface area contributed by atoms with E-state index in [2.05, 4.69) is 0 Å². The fourth-order valence-electron chi connectivity index (χ4n) is 1.98. The lowest BCUT2D eigenvalue weighted by Gasteiger charge is -2.12. The quantitative estimate of drug-likeness (QED) is 0.860. The van der Waals surface area contributed by atoms with Crippen LogP contribution in [0.3, 0.4) is 0 Å². The maximum atomic E-state index is 10.4. The molecule has 1 aliphatic heterocycles. The van der Waals surface area contributed by atoms with Crippen LogP contribution in [0.5, 0.6) is 5.75 Å². The van der Waals surface area contributed by atoms with Gasteiger partial charge in [-0.1, -0.05) is 12.1 Å². The van der Waals surface area contributed by atoms with Crippen molar-refractivity contribution in [1.29, 1.82) is 0 Å². The van der Waals surface area contributed by atoms with Gasteiger partial charge in [-0.05, 0) is 42.7 Å². The van der Waals surface area contributed by atoms with Gasteiger partial charge in [-0.25, -0.2) is 0 Å². The molecular weight excluding hydrogens is 248 g/mol. The van der Waals surface area contributed by atoms with Gasteiger partial charge in [0, 0.05) is 12.2 Å². The summed E-state index contributed by atoms with van der Waals surface area (Å²) >= 11 is 1.94. The predicted octanol–water partition coefficient (Wildman–Crippen LogP) is 2.98. The van der Waals surface area contributed by atoms with Gasteiger partial charge < -0.3 is 9.84 Å². The maximum Gasteiger partial charge on any atom is 0.303 e. The summed E-state index contributed by atoms with van der Waals surface area (Å²) < 4.78 is 5.86. The Morgan fingerprint density at radius 1 is 1.39 bits per heavy atom. The molecule has 0 spiro atoms. The van der Waals surface area contributed by atoms with Gasteiger partial charge in [0.05, 0.1) is 0 Å². The van der Waals surface area contributed by atoms with E-state index in [9.17, 15) is 4.79 Å². The summed E-state index contributed by atoms with van der Waals surface area (Å²) in [6.07, 6.45) is 3.22. The molecule has 0 amide bonds. The normalized spacial score (nSPS) is 18.8. The highest BCUT2D eigenvalue weighted by Crippen LogP contribution is 2.23. The van der Waals surface area contributed by atoms with E-state index in [1.165, 1.54) is 11.3 Å². The van der Waals surface area contributed by atoms with Crippen LogP contribution in [-0.4, -0.2) is 28.7 Å². The average Bonchev–Trinajstić information content (AvgIpc) is 2.84. The van der Waals surface area contributed by atoms with E-state index in [1.807, 2.05) is 36.0 Å². The van der Waals surface area contributed by atoms with E-state index in [-0.39, 0.29) is 6.42 Å². The number of aliphatic carboxylic acids is 1. The third kappa shape index (κ3) is 4.26. The van der Waals surface area contributed by atoms with Gasteiger partial charge in [0.2, 0.25) is 0 Å². The topological polar surface area (TPSA) is 46.5 Å². The molecule has 1 atom stereocenters. The molecule has 0 radical (unpaired) electrons. The Balaban J connectivity index is 1.79. The maximum absolute atomic E-state index is 10.4. The van der Waals surface area contributed by atoms with E-state index in [0.29, 0.717) is 12.5 Å². The minimum Gasteiger partial charge on any atom is -0.490 e. The smallest absolute Gasteiger partial charge is 0.303 e. The van der Waals surface area contributed by atoms with Crippen LogP contribution < -0.4 is 4.74 Å². The highest BCUT2D eigenvalue weighted by Gasteiger charge is 2.16. The van der Waals surface area contributed by atoms with Crippen molar-refractivity contribution < 1.29 is 14.6 Å². The number of carboxylic acids is 1. The third-order valence-electron chi connectivity index (χ3n) is 2.97. The second-order valence-corrected chi connectivity index (χ2v) is 5.64. The van der Waals surface area contributed by atoms with Crippen LogP contribution in [-0.2, 0) is 11.2 Å². The van der Waals surface area contributed by atoms with Gasteiger partial charge in [-0.3, -0.25) is 4.79 Å². The molecule has 18 heavy (non-hydrogen) atoms. The number of hydrogen-bond donors (Lipinski definition) is 1. The summed E-state index contributed by atoms with van der Waals surface area (Å²) in [6.45, 7) is 0. The van der Waals surface area contributed by atoms with E-state index in [4.69, 9.17) is 9.84 Å². The number of carboxylic acid groups (broad SMARTS) is 1. The highest BCUT2D eigenvalue weighted by molar-refractivity contribution is 7.99. The summed E-state index contributed by atoms with van der Waals surface area (Å²) in [5.41, 5.74) is 1.17. The molecular formula is C14H18O3S. The second kappa shape index (κ2) is 6.69.